The fraction of sp³-hybridized carbons (Fsp3) is 0.600. The van der Waals surface area contributed by atoms with Crippen LogP contribution in [0.2, 0.25) is 0 Å². The lowest BCUT2D eigenvalue weighted by Gasteiger charge is -2.39. The maximum absolute atomic E-state index is 9.59. The molecule has 0 spiro atoms. The van der Waals surface area contributed by atoms with E-state index in [0.29, 0.717) is 0 Å². The smallest absolute Gasteiger partial charge is 0.161 e. The van der Waals surface area contributed by atoms with Gasteiger partial charge in [-0.1, -0.05) is 6.07 Å². The third-order valence-corrected chi connectivity index (χ3v) is 3.99. The number of piperidine rings is 1. The van der Waals surface area contributed by atoms with Gasteiger partial charge in [0.1, 0.15) is 0 Å². The van der Waals surface area contributed by atoms with Gasteiger partial charge in [-0.2, -0.15) is 0 Å². The van der Waals surface area contributed by atoms with Crippen LogP contribution in [0, 0.1) is 5.92 Å². The molecular weight excluding hydrogens is 242 g/mol. The van der Waals surface area contributed by atoms with Crippen molar-refractivity contribution in [3.63, 3.8) is 0 Å². The zero-order valence-electron chi connectivity index (χ0n) is 11.9. The van der Waals surface area contributed by atoms with Gasteiger partial charge in [-0.25, -0.2) is 0 Å². The molecule has 1 heterocycles. The standard InChI is InChI=1S/C15H23NO3/c1-16-8-4-5-12(10-17)15(16)11-6-7-13(18-2)14(9-11)19-3/h6-7,9,12,15,17H,4-5,8,10H2,1-3H3. The van der Waals surface area contributed by atoms with E-state index in [1.807, 2.05) is 12.1 Å². The van der Waals surface area contributed by atoms with E-state index < -0.39 is 0 Å². The molecule has 4 heteroatoms. The fourth-order valence-corrected chi connectivity index (χ4v) is 3.01. The Hall–Kier alpha value is -1.26. The average Bonchev–Trinajstić information content (AvgIpc) is 2.46. The molecule has 1 aliphatic heterocycles. The van der Waals surface area contributed by atoms with Crippen molar-refractivity contribution in [3.05, 3.63) is 23.8 Å². The first-order chi connectivity index (χ1) is 9.21. The lowest BCUT2D eigenvalue weighted by molar-refractivity contribution is 0.0741. The van der Waals surface area contributed by atoms with Crippen molar-refractivity contribution in [2.75, 3.05) is 34.4 Å². The summed E-state index contributed by atoms with van der Waals surface area (Å²) < 4.78 is 10.6. The minimum atomic E-state index is 0.226. The van der Waals surface area contributed by atoms with Crippen LogP contribution in [-0.4, -0.2) is 44.4 Å². The molecule has 0 saturated carbocycles. The van der Waals surface area contributed by atoms with Gasteiger partial charge in [0.05, 0.1) is 14.2 Å². The second kappa shape index (κ2) is 6.26. The van der Waals surface area contributed by atoms with Gasteiger partial charge in [0.15, 0.2) is 11.5 Å². The summed E-state index contributed by atoms with van der Waals surface area (Å²) in [6.07, 6.45) is 2.21. The predicted octanol–water partition coefficient (Wildman–Crippen LogP) is 2.08. The maximum atomic E-state index is 9.59. The Kier molecular flexibility index (Phi) is 4.66. The van der Waals surface area contributed by atoms with Gasteiger partial charge in [-0.05, 0) is 44.1 Å². The topological polar surface area (TPSA) is 41.9 Å². The highest BCUT2D eigenvalue weighted by Crippen LogP contribution is 2.38. The van der Waals surface area contributed by atoms with Crippen LogP contribution in [0.15, 0.2) is 18.2 Å². The number of benzene rings is 1. The van der Waals surface area contributed by atoms with Gasteiger partial charge in [-0.15, -0.1) is 0 Å². The van der Waals surface area contributed by atoms with Crippen LogP contribution in [0.3, 0.4) is 0 Å². The molecule has 1 N–H and O–H groups in total. The summed E-state index contributed by atoms with van der Waals surface area (Å²) in [5.74, 6) is 1.78. The molecule has 4 nitrogen and oxygen atoms in total. The third-order valence-electron chi connectivity index (χ3n) is 3.99. The number of aliphatic hydroxyl groups excluding tert-OH is 1. The molecule has 1 saturated heterocycles. The fourth-order valence-electron chi connectivity index (χ4n) is 3.01. The minimum Gasteiger partial charge on any atom is -0.493 e. The Morgan fingerprint density at radius 2 is 2.00 bits per heavy atom. The van der Waals surface area contributed by atoms with Gasteiger partial charge < -0.3 is 14.6 Å². The largest absolute Gasteiger partial charge is 0.493 e. The molecule has 0 amide bonds. The summed E-state index contributed by atoms with van der Waals surface area (Å²) in [7, 11) is 5.40. The van der Waals surface area contributed by atoms with Crippen molar-refractivity contribution in [3.8, 4) is 11.5 Å². The van der Waals surface area contributed by atoms with Gasteiger partial charge in [0.2, 0.25) is 0 Å². The molecule has 0 aliphatic carbocycles. The quantitative estimate of drug-likeness (QED) is 0.905. The Morgan fingerprint density at radius 1 is 1.26 bits per heavy atom. The van der Waals surface area contributed by atoms with E-state index in [-0.39, 0.29) is 18.6 Å². The van der Waals surface area contributed by atoms with Crippen molar-refractivity contribution in [2.24, 2.45) is 5.92 Å². The highest BCUT2D eigenvalue weighted by molar-refractivity contribution is 5.44. The van der Waals surface area contributed by atoms with E-state index in [1.54, 1.807) is 14.2 Å². The number of methoxy groups -OCH3 is 2. The van der Waals surface area contributed by atoms with Crippen LogP contribution < -0.4 is 9.47 Å². The summed E-state index contributed by atoms with van der Waals surface area (Å²) >= 11 is 0. The molecule has 1 aliphatic rings. The van der Waals surface area contributed by atoms with Crippen molar-refractivity contribution >= 4 is 0 Å². The molecule has 1 fully saturated rings. The first-order valence-electron chi connectivity index (χ1n) is 6.74. The molecule has 0 radical (unpaired) electrons. The van der Waals surface area contributed by atoms with E-state index in [0.717, 1.165) is 30.9 Å². The minimum absolute atomic E-state index is 0.226. The van der Waals surface area contributed by atoms with Gasteiger partial charge in [0.25, 0.3) is 0 Å². The Bertz CT molecular complexity index is 422. The predicted molar refractivity (Wildman–Crippen MR) is 74.7 cm³/mol. The number of ether oxygens (including phenoxy) is 2. The van der Waals surface area contributed by atoms with Gasteiger partial charge >= 0.3 is 0 Å². The molecule has 1 aromatic rings. The molecule has 0 aromatic heterocycles. The Balaban J connectivity index is 2.33. The third kappa shape index (κ3) is 2.85. The maximum Gasteiger partial charge on any atom is 0.161 e. The lowest BCUT2D eigenvalue weighted by atomic mass is 9.85. The summed E-state index contributed by atoms with van der Waals surface area (Å²) in [5, 5.41) is 9.59. The van der Waals surface area contributed by atoms with E-state index in [4.69, 9.17) is 9.47 Å². The SMILES string of the molecule is COc1ccc(C2C(CO)CCCN2C)cc1OC. The van der Waals surface area contributed by atoms with Crippen LogP contribution >= 0.6 is 0 Å². The molecule has 2 rings (SSSR count). The summed E-state index contributed by atoms with van der Waals surface area (Å²) in [6.45, 7) is 1.29. The van der Waals surface area contributed by atoms with E-state index in [9.17, 15) is 5.11 Å². The molecular formula is C15H23NO3. The zero-order chi connectivity index (χ0) is 13.8. The van der Waals surface area contributed by atoms with Crippen molar-refractivity contribution in [1.29, 1.82) is 0 Å². The van der Waals surface area contributed by atoms with E-state index in [1.165, 1.54) is 5.56 Å². The van der Waals surface area contributed by atoms with Gasteiger partial charge in [-0.3, -0.25) is 4.90 Å². The highest BCUT2D eigenvalue weighted by Gasteiger charge is 2.30. The normalized spacial score (nSPS) is 24.2. The van der Waals surface area contributed by atoms with Crippen molar-refractivity contribution in [1.82, 2.24) is 4.90 Å². The monoisotopic (exact) mass is 265 g/mol. The van der Waals surface area contributed by atoms with E-state index >= 15 is 0 Å². The number of aliphatic hydroxyl groups is 1. The van der Waals surface area contributed by atoms with Crippen molar-refractivity contribution < 1.29 is 14.6 Å². The molecule has 106 valence electrons. The molecule has 2 atom stereocenters. The molecule has 1 aromatic carbocycles. The number of likely N-dealkylation sites (tertiary alicyclic amines) is 1. The lowest BCUT2D eigenvalue weighted by Crippen LogP contribution is -2.37. The molecule has 0 bridgehead atoms. The van der Waals surface area contributed by atoms with Crippen LogP contribution in [0.1, 0.15) is 24.4 Å². The first-order valence-corrected chi connectivity index (χ1v) is 6.74. The second-order valence-corrected chi connectivity index (χ2v) is 5.12. The molecule has 19 heavy (non-hydrogen) atoms. The van der Waals surface area contributed by atoms with Crippen LogP contribution in [-0.2, 0) is 0 Å². The number of nitrogens with zero attached hydrogens (tertiary/aromatic N) is 1. The first kappa shape index (κ1) is 14.2. The average molecular weight is 265 g/mol. The Morgan fingerprint density at radius 3 is 2.63 bits per heavy atom. The van der Waals surface area contributed by atoms with Crippen LogP contribution in [0.4, 0.5) is 0 Å². The van der Waals surface area contributed by atoms with Crippen LogP contribution in [0.25, 0.3) is 0 Å². The number of hydrogen-bond acceptors (Lipinski definition) is 4. The van der Waals surface area contributed by atoms with E-state index in [2.05, 4.69) is 18.0 Å². The highest BCUT2D eigenvalue weighted by atomic mass is 16.5. The van der Waals surface area contributed by atoms with Crippen LogP contribution in [0.5, 0.6) is 11.5 Å². The summed E-state index contributed by atoms with van der Waals surface area (Å²) in [6, 6.07) is 6.27. The number of rotatable bonds is 4. The zero-order valence-corrected chi connectivity index (χ0v) is 11.9. The summed E-state index contributed by atoms with van der Waals surface area (Å²) in [5.41, 5.74) is 1.18. The van der Waals surface area contributed by atoms with Crippen molar-refractivity contribution in [2.45, 2.75) is 18.9 Å². The number of hydrogen-bond donors (Lipinski definition) is 1. The van der Waals surface area contributed by atoms with Gasteiger partial charge in [0, 0.05) is 18.6 Å². The Labute approximate surface area is 114 Å². The second-order valence-electron chi connectivity index (χ2n) is 5.12. The molecule has 2 unspecified atom stereocenters. The summed E-state index contributed by atoms with van der Waals surface area (Å²) in [4.78, 5) is 2.31.